The minimum absolute atomic E-state index is 0.195. The number of sulfonamides is 2. The molecule has 0 saturated heterocycles. The Labute approximate surface area is 179 Å². The van der Waals surface area contributed by atoms with Crippen LogP contribution >= 0.6 is 0 Å². The molecule has 0 unspecified atom stereocenters. The van der Waals surface area contributed by atoms with Crippen LogP contribution in [0.3, 0.4) is 0 Å². The molecular weight excluding hydrogens is 424 g/mol. The van der Waals surface area contributed by atoms with Crippen molar-refractivity contribution in [3.63, 3.8) is 0 Å². The molecule has 0 atom stereocenters. The highest BCUT2D eigenvalue weighted by Crippen LogP contribution is 2.10. The Kier molecular flexibility index (Phi) is 8.95. The van der Waals surface area contributed by atoms with Crippen molar-refractivity contribution < 1.29 is 16.8 Å². The van der Waals surface area contributed by atoms with Gasteiger partial charge in [-0.2, -0.15) is 0 Å². The van der Waals surface area contributed by atoms with Crippen molar-refractivity contribution in [1.29, 1.82) is 0 Å². The zero-order chi connectivity index (χ0) is 22.2. The van der Waals surface area contributed by atoms with Gasteiger partial charge in [0.1, 0.15) is 0 Å². The van der Waals surface area contributed by atoms with Crippen molar-refractivity contribution in [1.82, 2.24) is 14.3 Å². The van der Waals surface area contributed by atoms with Crippen LogP contribution in [0.1, 0.15) is 11.1 Å². The van der Waals surface area contributed by atoms with Crippen molar-refractivity contribution in [2.24, 2.45) is 5.73 Å². The van der Waals surface area contributed by atoms with E-state index in [1.165, 1.54) is 0 Å². The molecule has 0 spiro atoms. The van der Waals surface area contributed by atoms with Crippen molar-refractivity contribution >= 4 is 20.0 Å². The van der Waals surface area contributed by atoms with Gasteiger partial charge in [-0.15, -0.1) is 0 Å². The van der Waals surface area contributed by atoms with Crippen LogP contribution in [0.4, 0.5) is 0 Å². The lowest BCUT2D eigenvalue weighted by molar-refractivity contribution is 0.290. The first kappa shape index (κ1) is 24.4. The van der Waals surface area contributed by atoms with Crippen molar-refractivity contribution in [3.05, 3.63) is 59.7 Å². The Morgan fingerprint density at radius 1 is 0.700 bits per heavy atom. The summed E-state index contributed by atoms with van der Waals surface area (Å²) in [4.78, 5) is 2.34. The van der Waals surface area contributed by atoms with Gasteiger partial charge < -0.3 is 5.73 Å². The van der Waals surface area contributed by atoms with Crippen LogP contribution in [0.2, 0.25) is 0 Å². The van der Waals surface area contributed by atoms with Crippen molar-refractivity contribution in [3.8, 4) is 0 Å². The molecule has 0 bridgehead atoms. The molecule has 0 saturated carbocycles. The molecule has 0 heterocycles. The minimum Gasteiger partial charge on any atom is -0.329 e. The number of nitrogens with zero attached hydrogens (tertiary/aromatic N) is 1. The standard InChI is InChI=1S/C20H30N4O4S2/c1-17-3-7-19(8-4-17)29(25,26)22-12-15-24(14-11-21)16-13-23-30(27,28)20-9-5-18(2)6-10-20/h3-10,22-23H,11-16,21H2,1-2H3. The number of rotatable bonds is 12. The van der Waals surface area contributed by atoms with Gasteiger partial charge in [0.15, 0.2) is 0 Å². The van der Waals surface area contributed by atoms with Gasteiger partial charge in [-0.1, -0.05) is 35.4 Å². The Hall–Kier alpha value is -1.82. The lowest BCUT2D eigenvalue weighted by atomic mass is 10.2. The molecule has 30 heavy (non-hydrogen) atoms. The monoisotopic (exact) mass is 454 g/mol. The zero-order valence-corrected chi connectivity index (χ0v) is 19.0. The molecule has 0 amide bonds. The predicted octanol–water partition coefficient (Wildman–Crippen LogP) is 0.821. The molecule has 10 heteroatoms. The van der Waals surface area contributed by atoms with Gasteiger partial charge >= 0.3 is 0 Å². The third-order valence-electron chi connectivity index (χ3n) is 4.55. The van der Waals surface area contributed by atoms with Crippen LogP contribution in [0.15, 0.2) is 58.3 Å². The quantitative estimate of drug-likeness (QED) is 0.437. The number of aryl methyl sites for hydroxylation is 2. The van der Waals surface area contributed by atoms with Crippen LogP contribution in [-0.2, 0) is 20.0 Å². The third-order valence-corrected chi connectivity index (χ3v) is 7.50. The van der Waals surface area contributed by atoms with Crippen LogP contribution in [0.5, 0.6) is 0 Å². The summed E-state index contributed by atoms with van der Waals surface area (Å²) < 4.78 is 54.6. The molecule has 166 valence electrons. The summed E-state index contributed by atoms with van der Waals surface area (Å²) in [5.74, 6) is 0. The van der Waals surface area contributed by atoms with E-state index in [0.29, 0.717) is 26.2 Å². The van der Waals surface area contributed by atoms with Gasteiger partial charge in [0.05, 0.1) is 9.79 Å². The number of hydrogen-bond donors (Lipinski definition) is 3. The predicted molar refractivity (Wildman–Crippen MR) is 118 cm³/mol. The number of benzene rings is 2. The summed E-state index contributed by atoms with van der Waals surface area (Å²) in [6, 6.07) is 13.2. The summed E-state index contributed by atoms with van der Waals surface area (Å²) in [6.45, 7) is 5.90. The molecule has 0 aliphatic rings. The molecule has 0 aliphatic carbocycles. The smallest absolute Gasteiger partial charge is 0.240 e. The number of nitrogens with two attached hydrogens (primary N) is 1. The topological polar surface area (TPSA) is 122 Å². The summed E-state index contributed by atoms with van der Waals surface area (Å²) >= 11 is 0. The highest BCUT2D eigenvalue weighted by atomic mass is 32.2. The zero-order valence-electron chi connectivity index (χ0n) is 17.3. The third kappa shape index (κ3) is 7.46. The molecular formula is C20H30N4O4S2. The van der Waals surface area contributed by atoms with E-state index in [9.17, 15) is 16.8 Å². The molecule has 0 aliphatic heterocycles. The Bertz CT molecular complexity index is 924. The van der Waals surface area contributed by atoms with E-state index >= 15 is 0 Å². The van der Waals surface area contributed by atoms with Gasteiger partial charge in [0, 0.05) is 39.3 Å². The van der Waals surface area contributed by atoms with Crippen LogP contribution in [0, 0.1) is 13.8 Å². The van der Waals surface area contributed by atoms with Crippen LogP contribution in [-0.4, -0.2) is 61.0 Å². The van der Waals surface area contributed by atoms with Gasteiger partial charge in [0.25, 0.3) is 0 Å². The molecule has 0 fully saturated rings. The number of hydrogen-bond acceptors (Lipinski definition) is 6. The van der Waals surface area contributed by atoms with E-state index in [2.05, 4.69) is 9.44 Å². The molecule has 0 radical (unpaired) electrons. The highest BCUT2D eigenvalue weighted by Gasteiger charge is 2.16. The molecule has 8 nitrogen and oxygen atoms in total. The lowest BCUT2D eigenvalue weighted by Crippen LogP contribution is -2.41. The first-order chi connectivity index (χ1) is 14.1. The van der Waals surface area contributed by atoms with E-state index < -0.39 is 20.0 Å². The first-order valence-electron chi connectivity index (χ1n) is 9.69. The lowest BCUT2D eigenvalue weighted by Gasteiger charge is -2.22. The second-order valence-electron chi connectivity index (χ2n) is 7.05. The van der Waals surface area contributed by atoms with E-state index in [-0.39, 0.29) is 22.9 Å². The summed E-state index contributed by atoms with van der Waals surface area (Å²) in [5.41, 5.74) is 7.60. The Morgan fingerprint density at radius 3 is 1.40 bits per heavy atom. The maximum absolute atomic E-state index is 12.4. The summed E-state index contributed by atoms with van der Waals surface area (Å²) in [6.07, 6.45) is 0. The van der Waals surface area contributed by atoms with E-state index in [1.807, 2.05) is 18.7 Å². The second kappa shape index (κ2) is 11.0. The number of nitrogens with one attached hydrogen (secondary N) is 2. The summed E-state index contributed by atoms with van der Waals surface area (Å²) in [5, 5.41) is 0. The van der Waals surface area contributed by atoms with Gasteiger partial charge in [-0.25, -0.2) is 26.3 Å². The van der Waals surface area contributed by atoms with Gasteiger partial charge in [0.2, 0.25) is 20.0 Å². The normalized spacial score (nSPS) is 12.4. The maximum atomic E-state index is 12.4. The maximum Gasteiger partial charge on any atom is 0.240 e. The van der Waals surface area contributed by atoms with E-state index in [0.717, 1.165) is 11.1 Å². The average Bonchev–Trinajstić information content (AvgIpc) is 2.68. The largest absolute Gasteiger partial charge is 0.329 e. The van der Waals surface area contributed by atoms with Crippen molar-refractivity contribution in [2.45, 2.75) is 23.6 Å². The molecule has 2 aromatic carbocycles. The van der Waals surface area contributed by atoms with Gasteiger partial charge in [-0.05, 0) is 38.1 Å². The molecule has 0 aromatic heterocycles. The average molecular weight is 455 g/mol. The van der Waals surface area contributed by atoms with E-state index in [1.54, 1.807) is 48.5 Å². The first-order valence-corrected chi connectivity index (χ1v) is 12.7. The fourth-order valence-corrected chi connectivity index (χ4v) is 4.84. The SMILES string of the molecule is Cc1ccc(S(=O)(=O)NCCN(CCN)CCNS(=O)(=O)c2ccc(C)cc2)cc1. The van der Waals surface area contributed by atoms with Gasteiger partial charge in [-0.3, -0.25) is 4.90 Å². The molecule has 4 N–H and O–H groups in total. The van der Waals surface area contributed by atoms with Crippen LogP contribution in [0.25, 0.3) is 0 Å². The highest BCUT2D eigenvalue weighted by molar-refractivity contribution is 7.89. The minimum atomic E-state index is -3.59. The summed E-state index contributed by atoms with van der Waals surface area (Å²) in [7, 11) is -7.18. The van der Waals surface area contributed by atoms with E-state index in [4.69, 9.17) is 5.73 Å². The van der Waals surface area contributed by atoms with Crippen molar-refractivity contribution in [2.75, 3.05) is 39.3 Å². The Morgan fingerprint density at radius 2 is 1.07 bits per heavy atom. The van der Waals surface area contributed by atoms with Crippen LogP contribution < -0.4 is 15.2 Å². The molecule has 2 rings (SSSR count). The molecule has 2 aromatic rings. The Balaban J connectivity index is 1.85. The fraction of sp³-hybridized carbons (Fsp3) is 0.400. The second-order valence-corrected chi connectivity index (χ2v) is 10.6. The fourth-order valence-electron chi connectivity index (χ4n) is 2.80.